The zero-order valence-corrected chi connectivity index (χ0v) is 19.5. The van der Waals surface area contributed by atoms with Crippen LogP contribution < -0.4 is 5.56 Å². The van der Waals surface area contributed by atoms with Crippen LogP contribution in [0.5, 0.6) is 0 Å². The summed E-state index contributed by atoms with van der Waals surface area (Å²) < 4.78 is 1.57. The average molecular weight is 493 g/mol. The van der Waals surface area contributed by atoms with Crippen molar-refractivity contribution < 1.29 is 4.79 Å². The van der Waals surface area contributed by atoms with E-state index in [-0.39, 0.29) is 16.1 Å². The van der Waals surface area contributed by atoms with Gasteiger partial charge in [-0.3, -0.25) is 14.5 Å². The zero-order chi connectivity index (χ0) is 23.3. The van der Waals surface area contributed by atoms with Crippen LogP contribution in [0, 0.1) is 4.91 Å². The predicted octanol–water partition coefficient (Wildman–Crippen LogP) is 5.59. The molecule has 32 heavy (non-hydrogen) atoms. The van der Waals surface area contributed by atoms with Crippen molar-refractivity contribution in [1.29, 1.82) is 0 Å². The first kappa shape index (κ1) is 24.1. The smallest absolute Gasteiger partial charge is 0.308 e. The first-order chi connectivity index (χ1) is 15.3. The summed E-state index contributed by atoms with van der Waals surface area (Å²) in [6.07, 6.45) is 0.501. The fourth-order valence-electron chi connectivity index (χ4n) is 3.37. The lowest BCUT2D eigenvalue weighted by atomic mass is 10.1. The van der Waals surface area contributed by atoms with Crippen molar-refractivity contribution in [2.24, 2.45) is 5.18 Å². The van der Waals surface area contributed by atoms with Gasteiger partial charge in [-0.1, -0.05) is 65.1 Å². The lowest BCUT2D eigenvalue weighted by molar-refractivity contribution is 0.100. The molecular weight excluding hydrogens is 473 g/mol. The van der Waals surface area contributed by atoms with E-state index >= 15 is 0 Å². The fraction of sp³-hybridized carbons (Fsp3) is 0.217. The van der Waals surface area contributed by atoms with Gasteiger partial charge in [0.05, 0.1) is 10.7 Å². The highest BCUT2D eigenvalue weighted by atomic mass is 35.5. The third-order valence-corrected chi connectivity index (χ3v) is 6.00. The van der Waals surface area contributed by atoms with Crippen LogP contribution in [-0.2, 0) is 26.1 Å². The molecule has 0 spiro atoms. The van der Waals surface area contributed by atoms with Crippen molar-refractivity contribution in [2.45, 2.75) is 26.1 Å². The summed E-state index contributed by atoms with van der Waals surface area (Å²) in [4.78, 5) is 36.5. The van der Waals surface area contributed by atoms with E-state index in [1.165, 1.54) is 18.2 Å². The number of pyridine rings is 1. The molecule has 166 valence electrons. The number of aryl methyl sites for hydroxylation is 1. The van der Waals surface area contributed by atoms with E-state index in [9.17, 15) is 14.5 Å². The molecule has 0 aliphatic heterocycles. The van der Waals surface area contributed by atoms with E-state index in [2.05, 4.69) is 5.18 Å². The first-order valence-electron chi connectivity index (χ1n) is 9.76. The van der Waals surface area contributed by atoms with Crippen LogP contribution in [0.3, 0.4) is 0 Å². The summed E-state index contributed by atoms with van der Waals surface area (Å²) in [5, 5.41) is 3.53. The van der Waals surface area contributed by atoms with Gasteiger partial charge >= 0.3 is 5.91 Å². The first-order valence-corrected chi connectivity index (χ1v) is 10.9. The van der Waals surface area contributed by atoms with Crippen LogP contribution in [0.1, 0.15) is 27.2 Å². The Balaban J connectivity index is 1.81. The molecule has 6 nitrogen and oxygen atoms in total. The minimum Gasteiger partial charge on any atom is -0.308 e. The number of amides is 1. The Bertz CT molecular complexity index is 1190. The molecule has 0 saturated carbocycles. The number of aromatic nitrogens is 1. The van der Waals surface area contributed by atoms with Crippen LogP contribution >= 0.6 is 34.8 Å². The number of carbonyl (C=O) groups is 1. The number of hydrogen-bond acceptors (Lipinski definition) is 4. The van der Waals surface area contributed by atoms with Gasteiger partial charge < -0.3 is 4.57 Å². The number of rotatable bonds is 8. The molecule has 0 N–H and O–H groups in total. The summed E-state index contributed by atoms with van der Waals surface area (Å²) in [7, 11) is 1.92. The number of nitrogens with zero attached hydrogens (tertiary/aromatic N) is 3. The zero-order valence-electron chi connectivity index (χ0n) is 17.2. The lowest BCUT2D eigenvalue weighted by Crippen LogP contribution is -2.29. The normalized spacial score (nSPS) is 11.0. The van der Waals surface area contributed by atoms with Gasteiger partial charge in [0.15, 0.2) is 0 Å². The van der Waals surface area contributed by atoms with E-state index in [0.29, 0.717) is 41.8 Å². The predicted molar refractivity (Wildman–Crippen MR) is 128 cm³/mol. The molecule has 0 bridgehead atoms. The second-order valence-electron chi connectivity index (χ2n) is 7.35. The minimum absolute atomic E-state index is 0.0468. The van der Waals surface area contributed by atoms with E-state index in [1.807, 2.05) is 36.2 Å². The summed E-state index contributed by atoms with van der Waals surface area (Å²) in [5.74, 6) is -0.821. The van der Waals surface area contributed by atoms with E-state index in [1.54, 1.807) is 16.7 Å². The number of hydrogen-bond donors (Lipinski definition) is 0. The Morgan fingerprint density at radius 2 is 1.66 bits per heavy atom. The third-order valence-electron chi connectivity index (χ3n) is 5.03. The molecule has 0 fully saturated rings. The Labute approximate surface area is 200 Å². The Morgan fingerprint density at radius 3 is 2.31 bits per heavy atom. The topological polar surface area (TPSA) is 71.7 Å². The average Bonchev–Trinajstić information content (AvgIpc) is 2.78. The van der Waals surface area contributed by atoms with Crippen LogP contribution in [0.4, 0.5) is 0 Å². The monoisotopic (exact) mass is 491 g/mol. The fourth-order valence-corrected chi connectivity index (χ4v) is 4.10. The number of carbonyl (C=O) groups excluding carboxylic acids is 1. The maximum Gasteiger partial charge on any atom is 0.316 e. The molecule has 1 aromatic heterocycles. The van der Waals surface area contributed by atoms with Crippen molar-refractivity contribution in [1.82, 2.24) is 9.47 Å². The summed E-state index contributed by atoms with van der Waals surface area (Å²) >= 11 is 18.8. The van der Waals surface area contributed by atoms with Crippen LogP contribution in [0.25, 0.3) is 0 Å². The van der Waals surface area contributed by atoms with Crippen molar-refractivity contribution in [3.8, 4) is 0 Å². The maximum absolute atomic E-state index is 12.8. The molecule has 9 heteroatoms. The molecule has 0 atom stereocenters. The second kappa shape index (κ2) is 10.9. The number of halogens is 3. The van der Waals surface area contributed by atoms with Gasteiger partial charge in [-0.15, -0.1) is 4.91 Å². The highest BCUT2D eigenvalue weighted by Gasteiger charge is 2.16. The van der Waals surface area contributed by atoms with E-state index in [4.69, 9.17) is 34.8 Å². The summed E-state index contributed by atoms with van der Waals surface area (Å²) in [6, 6.07) is 15.5. The molecule has 0 radical (unpaired) electrons. The van der Waals surface area contributed by atoms with E-state index < -0.39 is 5.91 Å². The second-order valence-corrected chi connectivity index (χ2v) is 8.57. The summed E-state index contributed by atoms with van der Waals surface area (Å²) in [5.41, 5.74) is 2.39. The highest BCUT2D eigenvalue weighted by Crippen LogP contribution is 2.22. The van der Waals surface area contributed by atoms with Crippen LogP contribution in [-0.4, -0.2) is 22.4 Å². The molecular formula is C23H20Cl3N3O3. The molecule has 1 heterocycles. The van der Waals surface area contributed by atoms with Gasteiger partial charge in [0.25, 0.3) is 5.56 Å². The van der Waals surface area contributed by atoms with Gasteiger partial charge in [-0.25, -0.2) is 0 Å². The summed E-state index contributed by atoms with van der Waals surface area (Å²) in [6.45, 7) is 1.33. The molecule has 1 amide bonds. The van der Waals surface area contributed by atoms with Crippen molar-refractivity contribution in [3.05, 3.63) is 107 Å². The van der Waals surface area contributed by atoms with Gasteiger partial charge in [0.2, 0.25) is 0 Å². The van der Waals surface area contributed by atoms with Crippen molar-refractivity contribution in [2.75, 3.05) is 7.05 Å². The number of benzene rings is 2. The maximum atomic E-state index is 12.8. The SMILES string of the molecule is CN(Cc1ccccc1Cl)Cc1c(Cl)cc(Cl)c(=O)n1CCc1ccc(C(=O)N=O)cc1. The molecule has 0 aliphatic carbocycles. The standard InChI is InChI=1S/C23H20Cl3N3O3/c1-28(13-17-4-2-3-5-18(17)24)14-21-19(25)12-20(26)23(31)29(21)11-10-15-6-8-16(9-7-15)22(30)27-32/h2-9,12H,10-11,13-14H2,1H3. The van der Waals surface area contributed by atoms with Crippen LogP contribution in [0.2, 0.25) is 15.1 Å². The quantitative estimate of drug-likeness (QED) is 0.384. The van der Waals surface area contributed by atoms with Gasteiger partial charge in [0.1, 0.15) is 5.02 Å². The van der Waals surface area contributed by atoms with Crippen molar-refractivity contribution >= 4 is 40.7 Å². The van der Waals surface area contributed by atoms with Gasteiger partial charge in [0, 0.05) is 35.4 Å². The highest BCUT2D eigenvalue weighted by molar-refractivity contribution is 6.34. The Hall–Kier alpha value is -2.51. The van der Waals surface area contributed by atoms with Crippen molar-refractivity contribution in [3.63, 3.8) is 0 Å². The molecule has 0 aliphatic rings. The molecule has 0 unspecified atom stereocenters. The minimum atomic E-state index is -0.821. The van der Waals surface area contributed by atoms with Gasteiger partial charge in [-0.2, -0.15) is 0 Å². The Kier molecular flexibility index (Phi) is 8.21. The third kappa shape index (κ3) is 5.84. The van der Waals surface area contributed by atoms with Crippen LogP contribution in [0.15, 0.2) is 64.6 Å². The molecule has 3 aromatic rings. The lowest BCUT2D eigenvalue weighted by Gasteiger charge is -2.22. The molecule has 2 aromatic carbocycles. The molecule has 3 rings (SSSR count). The van der Waals surface area contributed by atoms with E-state index in [0.717, 1.165) is 11.1 Å². The number of nitroso groups, excluding NO2 is 1. The molecule has 0 saturated heterocycles. The largest absolute Gasteiger partial charge is 0.316 e. The Morgan fingerprint density at radius 1 is 0.969 bits per heavy atom. The van der Waals surface area contributed by atoms with Gasteiger partial charge in [-0.05, 0) is 48.9 Å².